The Hall–Kier alpha value is -4.51. The zero-order chi connectivity index (χ0) is 27.7. The van der Waals surface area contributed by atoms with E-state index in [4.69, 9.17) is 21.1 Å². The zero-order valence-electron chi connectivity index (χ0n) is 20.6. The van der Waals surface area contributed by atoms with Gasteiger partial charge < -0.3 is 14.8 Å². The molecule has 2 amide bonds. The number of esters is 2. The van der Waals surface area contributed by atoms with Crippen LogP contribution in [0.25, 0.3) is 0 Å². The number of carbonyl (C=O) groups is 4. The summed E-state index contributed by atoms with van der Waals surface area (Å²) >= 11 is 6.15. The third kappa shape index (κ3) is 4.63. The maximum absolute atomic E-state index is 13.4. The number of carbonyl (C=O) groups excluding carboxylic acids is 4. The molecule has 0 spiro atoms. The summed E-state index contributed by atoms with van der Waals surface area (Å²) < 4.78 is 10.3. The number of nitrogens with one attached hydrogen (secondary N) is 1. The van der Waals surface area contributed by atoms with Gasteiger partial charge in [-0.25, -0.2) is 9.59 Å². The smallest absolute Gasteiger partial charge is 0.336 e. The number of halogens is 1. The summed E-state index contributed by atoms with van der Waals surface area (Å²) in [6.07, 6.45) is 0. The Bertz CT molecular complexity index is 1430. The fraction of sp³-hybridized carbons (Fsp3) is 0.231. The minimum Gasteiger partial charge on any atom is -0.466 e. The number of imide groups is 1. The number of ether oxygens (including phenoxy) is 2. The standard InChI is InChI=1S/C26H22ClN3O8/c1-13-20(25(33)37-3)22(18-12-15(27)8-9-19(18)30(35)36)21(14(2)28-13)26(34)38-11-10-29-23(31)16-6-4-5-7-17(16)24(29)32/h4-9,12,22,28H,10-11H2,1-3H3. The van der Waals surface area contributed by atoms with E-state index in [2.05, 4.69) is 5.32 Å². The lowest BCUT2D eigenvalue weighted by Gasteiger charge is -2.30. The molecule has 0 fully saturated rings. The van der Waals surface area contributed by atoms with Crippen LogP contribution < -0.4 is 5.32 Å². The molecular formula is C26H22ClN3O8. The highest BCUT2D eigenvalue weighted by Gasteiger charge is 2.41. The number of nitro groups is 1. The first kappa shape index (κ1) is 26.6. The number of methoxy groups -OCH3 is 1. The first-order chi connectivity index (χ1) is 18.1. The largest absolute Gasteiger partial charge is 0.466 e. The SMILES string of the molecule is COC(=O)C1=C(C)NC(C)=C(C(=O)OCCN2C(=O)c3ccccc3C2=O)C1c1cc(Cl)ccc1[N+](=O)[O-]. The van der Waals surface area contributed by atoms with Crippen LogP contribution in [-0.4, -0.2) is 53.8 Å². The van der Waals surface area contributed by atoms with E-state index in [1.165, 1.54) is 30.3 Å². The van der Waals surface area contributed by atoms with Gasteiger partial charge >= 0.3 is 11.9 Å². The molecule has 0 radical (unpaired) electrons. The van der Waals surface area contributed by atoms with Crippen LogP contribution in [0.5, 0.6) is 0 Å². The summed E-state index contributed by atoms with van der Waals surface area (Å²) in [4.78, 5) is 63.6. The van der Waals surface area contributed by atoms with E-state index < -0.39 is 34.6 Å². The van der Waals surface area contributed by atoms with E-state index in [1.807, 2.05) is 0 Å². The number of dihydropyridines is 1. The van der Waals surface area contributed by atoms with Gasteiger partial charge in [0.15, 0.2) is 0 Å². The summed E-state index contributed by atoms with van der Waals surface area (Å²) in [5.74, 6) is -3.96. The monoisotopic (exact) mass is 539 g/mol. The molecule has 38 heavy (non-hydrogen) atoms. The predicted octanol–water partition coefficient (Wildman–Crippen LogP) is 3.50. The van der Waals surface area contributed by atoms with Crippen LogP contribution in [0, 0.1) is 10.1 Å². The van der Waals surface area contributed by atoms with Gasteiger partial charge in [0.05, 0.1) is 46.8 Å². The van der Waals surface area contributed by atoms with Crippen LogP contribution in [0.1, 0.15) is 46.0 Å². The number of nitro benzene ring substituents is 1. The van der Waals surface area contributed by atoms with Crippen molar-refractivity contribution >= 4 is 41.0 Å². The number of amides is 2. The van der Waals surface area contributed by atoms with Gasteiger partial charge in [-0.05, 0) is 38.1 Å². The lowest BCUT2D eigenvalue weighted by atomic mass is 9.79. The summed E-state index contributed by atoms with van der Waals surface area (Å²) in [5.41, 5.74) is 0.664. The average Bonchev–Trinajstić information content (AvgIpc) is 3.12. The van der Waals surface area contributed by atoms with Gasteiger partial charge in [-0.3, -0.25) is 24.6 Å². The van der Waals surface area contributed by atoms with Crippen LogP contribution in [0.2, 0.25) is 5.02 Å². The first-order valence-electron chi connectivity index (χ1n) is 11.4. The van der Waals surface area contributed by atoms with Crippen molar-refractivity contribution in [2.45, 2.75) is 19.8 Å². The molecule has 1 N–H and O–H groups in total. The molecule has 1 atom stereocenters. The molecule has 12 heteroatoms. The molecule has 4 rings (SSSR count). The second-order valence-corrected chi connectivity index (χ2v) is 8.97. The average molecular weight is 540 g/mol. The third-order valence-corrected chi connectivity index (χ3v) is 6.54. The lowest BCUT2D eigenvalue weighted by Crippen LogP contribution is -2.35. The zero-order valence-corrected chi connectivity index (χ0v) is 21.3. The molecule has 2 aliphatic heterocycles. The Labute approximate surface area is 221 Å². The van der Waals surface area contributed by atoms with E-state index in [0.29, 0.717) is 11.4 Å². The Kier molecular flexibility index (Phi) is 7.31. The number of fused-ring (bicyclic) bond motifs is 1. The van der Waals surface area contributed by atoms with E-state index in [9.17, 15) is 29.3 Å². The minimum absolute atomic E-state index is 0.00426. The maximum atomic E-state index is 13.4. The highest BCUT2D eigenvalue weighted by molar-refractivity contribution is 6.30. The van der Waals surface area contributed by atoms with Crippen molar-refractivity contribution in [2.24, 2.45) is 0 Å². The molecule has 11 nitrogen and oxygen atoms in total. The number of hydrogen-bond donors (Lipinski definition) is 1. The molecule has 196 valence electrons. The van der Waals surface area contributed by atoms with Crippen molar-refractivity contribution < 1.29 is 33.6 Å². The van der Waals surface area contributed by atoms with Crippen molar-refractivity contribution in [3.63, 3.8) is 0 Å². The van der Waals surface area contributed by atoms with Gasteiger partial charge in [0.2, 0.25) is 0 Å². The lowest BCUT2D eigenvalue weighted by molar-refractivity contribution is -0.385. The second-order valence-electron chi connectivity index (χ2n) is 8.53. The van der Waals surface area contributed by atoms with Gasteiger partial charge in [0, 0.05) is 28.0 Å². The number of hydrogen-bond acceptors (Lipinski definition) is 9. The van der Waals surface area contributed by atoms with Crippen molar-refractivity contribution in [1.82, 2.24) is 10.2 Å². The molecule has 2 heterocycles. The number of benzene rings is 2. The quantitative estimate of drug-likeness (QED) is 0.242. The van der Waals surface area contributed by atoms with Crippen LogP contribution in [0.3, 0.4) is 0 Å². The first-order valence-corrected chi connectivity index (χ1v) is 11.8. The Morgan fingerprint density at radius 2 is 1.61 bits per heavy atom. The molecule has 0 bridgehead atoms. The van der Waals surface area contributed by atoms with Crippen LogP contribution >= 0.6 is 11.6 Å². The molecule has 2 aromatic carbocycles. The Morgan fingerprint density at radius 3 is 2.16 bits per heavy atom. The van der Waals surface area contributed by atoms with Gasteiger partial charge in [-0.1, -0.05) is 23.7 Å². The minimum atomic E-state index is -1.24. The van der Waals surface area contributed by atoms with E-state index >= 15 is 0 Å². The molecular weight excluding hydrogens is 518 g/mol. The highest BCUT2D eigenvalue weighted by Crippen LogP contribution is 2.43. The molecule has 2 aromatic rings. The second kappa shape index (κ2) is 10.5. The Morgan fingerprint density at radius 1 is 1.03 bits per heavy atom. The number of rotatable bonds is 7. The topological polar surface area (TPSA) is 145 Å². The maximum Gasteiger partial charge on any atom is 0.336 e. The number of nitrogens with zero attached hydrogens (tertiary/aromatic N) is 2. The fourth-order valence-corrected chi connectivity index (χ4v) is 4.81. The van der Waals surface area contributed by atoms with Crippen molar-refractivity contribution in [1.29, 1.82) is 0 Å². The fourth-order valence-electron chi connectivity index (χ4n) is 4.63. The normalized spacial score (nSPS) is 16.8. The Balaban J connectivity index is 1.65. The number of allylic oxidation sites excluding steroid dienone is 2. The molecule has 1 unspecified atom stereocenters. The van der Waals surface area contributed by atoms with Crippen molar-refractivity contribution in [3.8, 4) is 0 Å². The summed E-state index contributed by atoms with van der Waals surface area (Å²) in [6.45, 7) is 2.57. The van der Waals surface area contributed by atoms with Gasteiger partial charge in [-0.15, -0.1) is 0 Å². The van der Waals surface area contributed by atoms with Crippen molar-refractivity contribution in [3.05, 3.63) is 96.8 Å². The van der Waals surface area contributed by atoms with E-state index in [-0.39, 0.29) is 51.7 Å². The van der Waals surface area contributed by atoms with Gasteiger partial charge in [0.25, 0.3) is 17.5 Å². The molecule has 0 saturated carbocycles. The third-order valence-electron chi connectivity index (χ3n) is 6.31. The van der Waals surface area contributed by atoms with Crippen molar-refractivity contribution in [2.75, 3.05) is 20.3 Å². The van der Waals surface area contributed by atoms with E-state index in [1.54, 1.807) is 26.0 Å². The van der Waals surface area contributed by atoms with Crippen LogP contribution in [0.4, 0.5) is 5.69 Å². The molecule has 2 aliphatic rings. The van der Waals surface area contributed by atoms with Crippen LogP contribution in [-0.2, 0) is 19.1 Å². The van der Waals surface area contributed by atoms with Crippen LogP contribution in [0.15, 0.2) is 65.0 Å². The summed E-state index contributed by atoms with van der Waals surface area (Å²) in [6, 6.07) is 10.2. The van der Waals surface area contributed by atoms with Gasteiger partial charge in [0.1, 0.15) is 6.61 Å². The molecule has 0 aromatic heterocycles. The van der Waals surface area contributed by atoms with Gasteiger partial charge in [-0.2, -0.15) is 0 Å². The summed E-state index contributed by atoms with van der Waals surface area (Å²) in [7, 11) is 1.15. The summed E-state index contributed by atoms with van der Waals surface area (Å²) in [5, 5.41) is 14.9. The molecule has 0 saturated heterocycles. The highest BCUT2D eigenvalue weighted by atomic mass is 35.5. The predicted molar refractivity (Wildman–Crippen MR) is 134 cm³/mol. The molecule has 0 aliphatic carbocycles. The van der Waals surface area contributed by atoms with E-state index in [0.717, 1.165) is 12.0 Å².